The second kappa shape index (κ2) is 8.49. The molecule has 1 heterocycles. The molecule has 24 heavy (non-hydrogen) atoms. The van der Waals surface area contributed by atoms with Gasteiger partial charge >= 0.3 is 0 Å². The van der Waals surface area contributed by atoms with E-state index in [0.29, 0.717) is 12.4 Å². The van der Waals surface area contributed by atoms with Gasteiger partial charge in [-0.25, -0.2) is 5.43 Å². The molecule has 0 saturated heterocycles. The van der Waals surface area contributed by atoms with Gasteiger partial charge in [-0.1, -0.05) is 0 Å². The van der Waals surface area contributed by atoms with Gasteiger partial charge in [0.1, 0.15) is 11.5 Å². The van der Waals surface area contributed by atoms with Crippen molar-refractivity contribution in [3.63, 3.8) is 0 Å². The maximum Gasteiger partial charge on any atom is 0.280 e. The second-order valence-corrected chi connectivity index (χ2v) is 6.54. The van der Waals surface area contributed by atoms with Gasteiger partial charge in [0.2, 0.25) is 0 Å². The number of hydrazone groups is 1. The van der Waals surface area contributed by atoms with Crippen LogP contribution in [0.2, 0.25) is 0 Å². The predicted molar refractivity (Wildman–Crippen MR) is 97.1 cm³/mol. The summed E-state index contributed by atoms with van der Waals surface area (Å²) in [4.78, 5) is 14.3. The van der Waals surface area contributed by atoms with Gasteiger partial charge in [-0.15, -0.1) is 11.3 Å². The van der Waals surface area contributed by atoms with E-state index in [1.54, 1.807) is 30.4 Å². The number of nitrogens with zero attached hydrogens (tertiary/aromatic N) is 1. The summed E-state index contributed by atoms with van der Waals surface area (Å²) < 4.78 is 11.0. The van der Waals surface area contributed by atoms with Crippen LogP contribution in [0.5, 0.6) is 11.5 Å². The van der Waals surface area contributed by atoms with Crippen LogP contribution in [0.25, 0.3) is 0 Å². The van der Waals surface area contributed by atoms with Gasteiger partial charge < -0.3 is 9.47 Å². The lowest BCUT2D eigenvalue weighted by Crippen LogP contribution is -2.33. The van der Waals surface area contributed by atoms with Crippen LogP contribution in [0.15, 0.2) is 41.5 Å². The van der Waals surface area contributed by atoms with E-state index in [4.69, 9.17) is 9.47 Å². The fourth-order valence-corrected chi connectivity index (χ4v) is 2.77. The molecule has 0 bridgehead atoms. The number of carbonyl (C=O) groups excluding carboxylic acids is 1. The van der Waals surface area contributed by atoms with Crippen molar-refractivity contribution in [2.45, 2.75) is 33.8 Å². The van der Waals surface area contributed by atoms with Gasteiger partial charge in [0.25, 0.3) is 5.91 Å². The molecule has 1 N–H and O–H groups in total. The summed E-state index contributed by atoms with van der Waals surface area (Å²) in [5.74, 6) is 1.08. The molecule has 0 aliphatic carbocycles. The molecule has 0 unspecified atom stereocenters. The van der Waals surface area contributed by atoms with E-state index in [-0.39, 0.29) is 5.91 Å². The lowest BCUT2D eigenvalue weighted by atomic mass is 10.3. The number of benzene rings is 1. The minimum absolute atomic E-state index is 0.295. The minimum Gasteiger partial charge on any atom is -0.494 e. The first-order valence-corrected chi connectivity index (χ1v) is 8.61. The Morgan fingerprint density at radius 3 is 2.46 bits per heavy atom. The van der Waals surface area contributed by atoms with Crippen LogP contribution in [0.1, 0.15) is 30.5 Å². The second-order valence-electron chi connectivity index (χ2n) is 5.25. The van der Waals surface area contributed by atoms with E-state index in [9.17, 15) is 4.79 Å². The zero-order valence-electron chi connectivity index (χ0n) is 14.3. The zero-order valence-corrected chi connectivity index (χ0v) is 15.1. The smallest absolute Gasteiger partial charge is 0.280 e. The third-order valence-corrected chi connectivity index (χ3v) is 4.36. The number of hydrogen-bond donors (Lipinski definition) is 1. The quantitative estimate of drug-likeness (QED) is 0.613. The van der Waals surface area contributed by atoms with Crippen molar-refractivity contribution in [3.05, 3.63) is 46.2 Å². The molecule has 0 aliphatic heterocycles. The first kappa shape index (κ1) is 18.0. The normalized spacial score (nSPS) is 12.6. The number of ether oxygens (including phenoxy) is 2. The maximum atomic E-state index is 12.1. The van der Waals surface area contributed by atoms with Crippen molar-refractivity contribution >= 4 is 23.0 Å². The number of carbonyl (C=O) groups is 1. The van der Waals surface area contributed by atoms with Crippen LogP contribution in [-0.2, 0) is 4.79 Å². The highest BCUT2D eigenvalue weighted by atomic mass is 32.1. The molecule has 128 valence electrons. The van der Waals surface area contributed by atoms with Gasteiger partial charge in [0, 0.05) is 4.88 Å². The Hall–Kier alpha value is -2.34. The van der Waals surface area contributed by atoms with Gasteiger partial charge in [-0.05, 0) is 64.1 Å². The molecular formula is C18H22N2O3S. The molecule has 2 aromatic rings. The highest BCUT2D eigenvalue weighted by Gasteiger charge is 2.14. The molecule has 0 saturated carbocycles. The molecule has 0 fully saturated rings. The van der Waals surface area contributed by atoms with Crippen LogP contribution in [-0.4, -0.2) is 24.3 Å². The van der Waals surface area contributed by atoms with Crippen LogP contribution < -0.4 is 14.9 Å². The van der Waals surface area contributed by atoms with E-state index >= 15 is 0 Å². The van der Waals surface area contributed by atoms with Gasteiger partial charge in [0.15, 0.2) is 6.10 Å². The summed E-state index contributed by atoms with van der Waals surface area (Å²) in [6.07, 6.45) is -0.649. The topological polar surface area (TPSA) is 59.9 Å². The Morgan fingerprint density at radius 2 is 1.88 bits per heavy atom. The maximum absolute atomic E-state index is 12.1. The standard InChI is InChI=1S/C18H22N2O3S/c1-5-22-15-7-9-16(10-8-15)23-14(4)18(21)20-19-13(3)17-11-6-12(2)24-17/h6-11,14H,5H2,1-4H3,(H,20,21)/b19-13-/t14-/m1/s1. The van der Waals surface area contributed by atoms with E-state index in [1.807, 2.05) is 45.0 Å². The average molecular weight is 346 g/mol. The summed E-state index contributed by atoms with van der Waals surface area (Å²) in [7, 11) is 0. The highest BCUT2D eigenvalue weighted by Crippen LogP contribution is 2.19. The van der Waals surface area contributed by atoms with Crippen LogP contribution in [0.3, 0.4) is 0 Å². The van der Waals surface area contributed by atoms with Crippen molar-refractivity contribution < 1.29 is 14.3 Å². The summed E-state index contributed by atoms with van der Waals surface area (Å²) in [6, 6.07) is 11.2. The van der Waals surface area contributed by atoms with E-state index in [2.05, 4.69) is 10.5 Å². The highest BCUT2D eigenvalue weighted by molar-refractivity contribution is 7.14. The molecule has 1 aromatic heterocycles. The number of amides is 1. The molecular weight excluding hydrogens is 324 g/mol. The van der Waals surface area contributed by atoms with Crippen molar-refractivity contribution in [2.24, 2.45) is 5.10 Å². The first-order valence-electron chi connectivity index (χ1n) is 7.80. The lowest BCUT2D eigenvalue weighted by molar-refractivity contribution is -0.127. The van der Waals surface area contributed by atoms with Crippen LogP contribution in [0, 0.1) is 6.92 Å². The number of nitrogens with one attached hydrogen (secondary N) is 1. The summed E-state index contributed by atoms with van der Waals surface area (Å²) in [5.41, 5.74) is 3.32. The number of hydrogen-bond acceptors (Lipinski definition) is 5. The molecule has 1 atom stereocenters. The van der Waals surface area contributed by atoms with Crippen LogP contribution >= 0.6 is 11.3 Å². The Kier molecular flexibility index (Phi) is 6.37. The van der Waals surface area contributed by atoms with E-state index in [0.717, 1.165) is 16.3 Å². The molecule has 5 nitrogen and oxygen atoms in total. The number of thiophene rings is 1. The average Bonchev–Trinajstić information content (AvgIpc) is 3.01. The summed E-state index contributed by atoms with van der Waals surface area (Å²) in [5, 5.41) is 4.14. The van der Waals surface area contributed by atoms with Crippen molar-refractivity contribution in [3.8, 4) is 11.5 Å². The Morgan fingerprint density at radius 1 is 1.21 bits per heavy atom. The number of aryl methyl sites for hydroxylation is 1. The van der Waals surface area contributed by atoms with Crippen LogP contribution in [0.4, 0.5) is 0 Å². The Labute approximate surface area is 146 Å². The molecule has 0 aliphatic rings. The Bertz CT molecular complexity index is 707. The minimum atomic E-state index is -0.649. The largest absolute Gasteiger partial charge is 0.494 e. The van der Waals surface area contributed by atoms with Crippen molar-refractivity contribution in [1.82, 2.24) is 5.43 Å². The molecule has 1 aromatic carbocycles. The summed E-state index contributed by atoms with van der Waals surface area (Å²) >= 11 is 1.64. The summed E-state index contributed by atoms with van der Waals surface area (Å²) in [6.45, 7) is 8.12. The lowest BCUT2D eigenvalue weighted by Gasteiger charge is -2.13. The van der Waals surface area contributed by atoms with E-state index in [1.165, 1.54) is 4.88 Å². The van der Waals surface area contributed by atoms with Crippen molar-refractivity contribution in [1.29, 1.82) is 0 Å². The molecule has 6 heteroatoms. The Balaban J connectivity index is 1.89. The molecule has 0 spiro atoms. The van der Waals surface area contributed by atoms with Gasteiger partial charge in [-0.2, -0.15) is 5.10 Å². The predicted octanol–water partition coefficient (Wildman–Crippen LogP) is 3.76. The van der Waals surface area contributed by atoms with E-state index < -0.39 is 6.10 Å². The fourth-order valence-electron chi connectivity index (χ4n) is 1.95. The van der Waals surface area contributed by atoms with Gasteiger partial charge in [0.05, 0.1) is 17.2 Å². The zero-order chi connectivity index (χ0) is 17.5. The number of rotatable bonds is 7. The monoisotopic (exact) mass is 346 g/mol. The first-order chi connectivity index (χ1) is 11.5. The van der Waals surface area contributed by atoms with Crippen molar-refractivity contribution in [2.75, 3.05) is 6.61 Å². The third kappa shape index (κ3) is 5.09. The third-order valence-electron chi connectivity index (χ3n) is 3.25. The molecule has 0 radical (unpaired) electrons. The SMILES string of the molecule is CCOc1ccc(O[C@H](C)C(=O)N/N=C(/C)c2ccc(C)s2)cc1. The fraction of sp³-hybridized carbons (Fsp3) is 0.333. The molecule has 2 rings (SSSR count). The molecule has 1 amide bonds. The van der Waals surface area contributed by atoms with Gasteiger partial charge in [-0.3, -0.25) is 4.79 Å².